The normalized spacial score (nSPS) is 16.9. The van der Waals surface area contributed by atoms with E-state index in [-0.39, 0.29) is 17.5 Å². The predicted molar refractivity (Wildman–Crippen MR) is 119 cm³/mol. The van der Waals surface area contributed by atoms with Crippen LogP contribution >= 0.6 is 0 Å². The lowest BCUT2D eigenvalue weighted by Gasteiger charge is -2.32. The Morgan fingerprint density at radius 1 is 1.03 bits per heavy atom. The number of rotatable bonds is 5. The van der Waals surface area contributed by atoms with Gasteiger partial charge in [-0.15, -0.1) is 0 Å². The van der Waals surface area contributed by atoms with Crippen LogP contribution in [0.1, 0.15) is 40.1 Å². The van der Waals surface area contributed by atoms with E-state index in [9.17, 15) is 9.59 Å². The number of benzene rings is 2. The number of aromatic nitrogens is 1. The number of nitrogens with zero attached hydrogens (tertiary/aromatic N) is 2. The van der Waals surface area contributed by atoms with E-state index >= 15 is 0 Å². The van der Waals surface area contributed by atoms with Crippen LogP contribution in [0.5, 0.6) is 0 Å². The van der Waals surface area contributed by atoms with Crippen LogP contribution in [0.4, 0.5) is 5.69 Å². The summed E-state index contributed by atoms with van der Waals surface area (Å²) in [6.07, 6.45) is 5.02. The molecule has 1 atom stereocenters. The Balaban J connectivity index is 1.50. The molecule has 1 aromatic heterocycles. The summed E-state index contributed by atoms with van der Waals surface area (Å²) in [5.41, 5.74) is 1.20. The minimum Gasteiger partial charge on any atom is -0.349 e. The Labute approximate surface area is 176 Å². The molecular formula is C24H26N4O2. The van der Waals surface area contributed by atoms with Crippen molar-refractivity contribution in [3.63, 3.8) is 0 Å². The summed E-state index contributed by atoms with van der Waals surface area (Å²) in [7, 11) is 2.09. The van der Waals surface area contributed by atoms with Gasteiger partial charge >= 0.3 is 0 Å². The molecule has 6 nitrogen and oxygen atoms in total. The highest BCUT2D eigenvalue weighted by molar-refractivity contribution is 6.14. The van der Waals surface area contributed by atoms with Crippen LogP contribution in [0.25, 0.3) is 10.8 Å². The van der Waals surface area contributed by atoms with Gasteiger partial charge in [-0.05, 0) is 55.4 Å². The monoisotopic (exact) mass is 402 g/mol. The molecule has 154 valence electrons. The predicted octanol–water partition coefficient (Wildman–Crippen LogP) is 3.70. The van der Waals surface area contributed by atoms with Crippen molar-refractivity contribution in [2.45, 2.75) is 25.3 Å². The van der Waals surface area contributed by atoms with Crippen molar-refractivity contribution in [3.8, 4) is 0 Å². The van der Waals surface area contributed by atoms with E-state index in [1.165, 1.54) is 12.8 Å². The van der Waals surface area contributed by atoms with E-state index in [1.54, 1.807) is 24.4 Å². The number of amides is 2. The molecule has 6 heteroatoms. The largest absolute Gasteiger partial charge is 0.349 e. The highest BCUT2D eigenvalue weighted by atomic mass is 16.2. The molecule has 3 aromatic rings. The van der Waals surface area contributed by atoms with E-state index in [2.05, 4.69) is 27.6 Å². The molecule has 2 N–H and O–H groups in total. The van der Waals surface area contributed by atoms with Gasteiger partial charge in [0.05, 0.1) is 5.69 Å². The van der Waals surface area contributed by atoms with E-state index < -0.39 is 0 Å². The number of hydrogen-bond donors (Lipinski definition) is 2. The van der Waals surface area contributed by atoms with Crippen molar-refractivity contribution in [2.24, 2.45) is 0 Å². The molecule has 2 heterocycles. The summed E-state index contributed by atoms with van der Waals surface area (Å²) in [6, 6.07) is 17.1. The number of carbonyl (C=O) groups is 2. The Kier molecular flexibility index (Phi) is 6.05. The van der Waals surface area contributed by atoms with Gasteiger partial charge in [0.2, 0.25) is 0 Å². The third-order valence-corrected chi connectivity index (χ3v) is 5.73. The van der Waals surface area contributed by atoms with Crippen molar-refractivity contribution < 1.29 is 9.59 Å². The zero-order valence-electron chi connectivity index (χ0n) is 17.1. The second-order valence-corrected chi connectivity index (χ2v) is 7.72. The summed E-state index contributed by atoms with van der Waals surface area (Å²) in [6.45, 7) is 1.62. The molecule has 1 fully saturated rings. The molecule has 0 aliphatic carbocycles. The fraction of sp³-hybridized carbons (Fsp3) is 0.292. The summed E-state index contributed by atoms with van der Waals surface area (Å²) in [5, 5.41) is 7.72. The van der Waals surface area contributed by atoms with Crippen LogP contribution < -0.4 is 10.6 Å². The van der Waals surface area contributed by atoms with Gasteiger partial charge in [-0.2, -0.15) is 0 Å². The number of likely N-dealkylation sites (N-methyl/N-ethyl adjacent to an activating group) is 1. The Morgan fingerprint density at radius 2 is 1.87 bits per heavy atom. The molecule has 1 unspecified atom stereocenters. The third-order valence-electron chi connectivity index (χ3n) is 5.73. The maximum atomic E-state index is 13.0. The summed E-state index contributed by atoms with van der Waals surface area (Å²) in [5.74, 6) is -0.538. The zero-order valence-corrected chi connectivity index (χ0v) is 17.1. The van der Waals surface area contributed by atoms with Crippen LogP contribution in [0.3, 0.4) is 0 Å². The second-order valence-electron chi connectivity index (χ2n) is 7.72. The van der Waals surface area contributed by atoms with Gasteiger partial charge in [-0.3, -0.25) is 9.59 Å². The van der Waals surface area contributed by atoms with Gasteiger partial charge in [0.1, 0.15) is 0 Å². The molecule has 2 aromatic carbocycles. The highest BCUT2D eigenvalue weighted by Crippen LogP contribution is 2.21. The Hall–Kier alpha value is -3.25. The molecule has 2 amide bonds. The van der Waals surface area contributed by atoms with Crippen LogP contribution in [0, 0.1) is 0 Å². The Bertz CT molecular complexity index is 1060. The first-order valence-electron chi connectivity index (χ1n) is 10.4. The fourth-order valence-electron chi connectivity index (χ4n) is 4.00. The number of carbonyl (C=O) groups excluding carboxylic acids is 2. The lowest BCUT2D eigenvalue weighted by molar-refractivity contribution is 0.0924. The topological polar surface area (TPSA) is 74.3 Å². The number of pyridine rings is 1. The van der Waals surface area contributed by atoms with E-state index in [0.29, 0.717) is 23.8 Å². The van der Waals surface area contributed by atoms with Crippen molar-refractivity contribution in [3.05, 3.63) is 72.1 Å². The fourth-order valence-corrected chi connectivity index (χ4v) is 4.00. The van der Waals surface area contributed by atoms with E-state index in [0.717, 1.165) is 23.7 Å². The van der Waals surface area contributed by atoms with Crippen molar-refractivity contribution >= 4 is 28.3 Å². The quantitative estimate of drug-likeness (QED) is 0.682. The van der Waals surface area contributed by atoms with E-state index in [4.69, 9.17) is 0 Å². The lowest BCUT2D eigenvalue weighted by Crippen LogP contribution is -2.44. The molecule has 30 heavy (non-hydrogen) atoms. The summed E-state index contributed by atoms with van der Waals surface area (Å²) in [4.78, 5) is 32.3. The first-order valence-corrected chi connectivity index (χ1v) is 10.4. The van der Waals surface area contributed by atoms with Gasteiger partial charge in [-0.1, -0.05) is 42.8 Å². The van der Waals surface area contributed by atoms with Gasteiger partial charge in [0, 0.05) is 24.3 Å². The van der Waals surface area contributed by atoms with Crippen molar-refractivity contribution in [1.29, 1.82) is 0 Å². The van der Waals surface area contributed by atoms with Crippen molar-refractivity contribution in [1.82, 2.24) is 15.2 Å². The number of piperidine rings is 1. The van der Waals surface area contributed by atoms with Gasteiger partial charge in [0.15, 0.2) is 5.69 Å². The number of hydrogen-bond acceptors (Lipinski definition) is 4. The lowest BCUT2D eigenvalue weighted by atomic mass is 10.0. The minimum absolute atomic E-state index is 0.226. The molecule has 0 radical (unpaired) electrons. The summed E-state index contributed by atoms with van der Waals surface area (Å²) >= 11 is 0. The molecule has 4 rings (SSSR count). The number of anilines is 1. The molecule has 0 saturated carbocycles. The Morgan fingerprint density at radius 3 is 2.73 bits per heavy atom. The van der Waals surface area contributed by atoms with Gasteiger partial charge in [0.25, 0.3) is 11.8 Å². The maximum Gasteiger partial charge on any atom is 0.272 e. The second kappa shape index (κ2) is 9.05. The average Bonchev–Trinajstić information content (AvgIpc) is 2.78. The molecular weight excluding hydrogens is 376 g/mol. The molecule has 1 aliphatic rings. The minimum atomic E-state index is -0.275. The standard InChI is InChI=1S/C24H26N4O2/c1-28-15-5-4-10-18(28)16-26-24(30)22-21(13-7-14-25-22)27-23(29)20-12-6-9-17-8-2-3-11-19(17)20/h2-3,6-9,11-14,18H,4-5,10,15-16H2,1H3,(H,26,30)(H,27,29). The first kappa shape index (κ1) is 20.0. The molecule has 1 saturated heterocycles. The first-order chi connectivity index (χ1) is 14.6. The third kappa shape index (κ3) is 4.33. The maximum absolute atomic E-state index is 13.0. The number of nitrogens with one attached hydrogen (secondary N) is 2. The van der Waals surface area contributed by atoms with Crippen LogP contribution in [0.15, 0.2) is 60.8 Å². The zero-order chi connectivity index (χ0) is 20.9. The van der Waals surface area contributed by atoms with Crippen molar-refractivity contribution in [2.75, 3.05) is 25.5 Å². The molecule has 1 aliphatic heterocycles. The number of fused-ring (bicyclic) bond motifs is 1. The van der Waals surface area contributed by atoms with E-state index in [1.807, 2.05) is 36.4 Å². The number of likely N-dealkylation sites (tertiary alicyclic amines) is 1. The van der Waals surface area contributed by atoms with Crippen LogP contribution in [-0.2, 0) is 0 Å². The van der Waals surface area contributed by atoms with Gasteiger partial charge in [-0.25, -0.2) is 4.98 Å². The SMILES string of the molecule is CN1CCCCC1CNC(=O)c1ncccc1NC(=O)c1cccc2ccccc12. The van der Waals surface area contributed by atoms with Crippen LogP contribution in [0.2, 0.25) is 0 Å². The average molecular weight is 402 g/mol. The molecule has 0 spiro atoms. The molecule has 0 bridgehead atoms. The smallest absolute Gasteiger partial charge is 0.272 e. The van der Waals surface area contributed by atoms with Crippen LogP contribution in [-0.4, -0.2) is 47.9 Å². The summed E-state index contributed by atoms with van der Waals surface area (Å²) < 4.78 is 0. The highest BCUT2D eigenvalue weighted by Gasteiger charge is 2.21. The van der Waals surface area contributed by atoms with Gasteiger partial charge < -0.3 is 15.5 Å².